The normalized spacial score (nSPS) is 36.9. The molecule has 0 spiro atoms. The molecular formula is C9H18N2O4. The number of likely N-dealkylation sites (tertiary alicyclic amines) is 1. The highest BCUT2D eigenvalue weighted by atomic mass is 16.3. The highest BCUT2D eigenvalue weighted by molar-refractivity contribution is 5.72. The number of likely N-dealkylation sites (N-methyl/N-ethyl adjacent to an activating group) is 1. The average molecular weight is 218 g/mol. The van der Waals surface area contributed by atoms with Crippen molar-refractivity contribution in [3.63, 3.8) is 0 Å². The number of hydrogen-bond donors (Lipinski definition) is 4. The van der Waals surface area contributed by atoms with Crippen LogP contribution in [0.25, 0.3) is 0 Å². The van der Waals surface area contributed by atoms with Crippen LogP contribution in [0.2, 0.25) is 0 Å². The summed E-state index contributed by atoms with van der Waals surface area (Å²) in [6.07, 6.45) is -1.92. The summed E-state index contributed by atoms with van der Waals surface area (Å²) in [5.41, 5.74) is 0. The van der Waals surface area contributed by atoms with Gasteiger partial charge in [0.05, 0.1) is 30.9 Å². The summed E-state index contributed by atoms with van der Waals surface area (Å²) in [6.45, 7) is 1.44. The Balaban J connectivity index is 2.61. The van der Waals surface area contributed by atoms with E-state index in [1.807, 2.05) is 0 Å². The molecule has 0 saturated carbocycles. The second-order valence-electron chi connectivity index (χ2n) is 3.90. The van der Waals surface area contributed by atoms with Gasteiger partial charge in [-0.05, 0) is 7.05 Å². The van der Waals surface area contributed by atoms with Crippen LogP contribution in [0.4, 0.5) is 0 Å². The summed E-state index contributed by atoms with van der Waals surface area (Å²) in [5.74, 6) is -0.183. The van der Waals surface area contributed by atoms with Crippen molar-refractivity contribution in [1.29, 1.82) is 0 Å². The fourth-order valence-corrected chi connectivity index (χ4v) is 1.93. The Morgan fingerprint density at radius 3 is 2.27 bits per heavy atom. The van der Waals surface area contributed by atoms with E-state index < -0.39 is 18.2 Å². The Kier molecular flexibility index (Phi) is 4.04. The molecule has 2 unspecified atom stereocenters. The third kappa shape index (κ3) is 2.46. The van der Waals surface area contributed by atoms with Crippen molar-refractivity contribution >= 4 is 5.91 Å². The van der Waals surface area contributed by atoms with E-state index in [9.17, 15) is 15.0 Å². The molecule has 4 atom stereocenters. The van der Waals surface area contributed by atoms with E-state index in [0.717, 1.165) is 0 Å². The van der Waals surface area contributed by atoms with Crippen molar-refractivity contribution in [2.75, 3.05) is 20.2 Å². The maximum Gasteiger partial charge on any atom is 0.216 e. The number of hydrogen-bond acceptors (Lipinski definition) is 5. The summed E-state index contributed by atoms with van der Waals surface area (Å²) in [5, 5.41) is 30.9. The Hall–Kier alpha value is -0.690. The van der Waals surface area contributed by atoms with Gasteiger partial charge in [0.1, 0.15) is 0 Å². The molecule has 15 heavy (non-hydrogen) atoms. The zero-order valence-corrected chi connectivity index (χ0v) is 8.92. The van der Waals surface area contributed by atoms with Gasteiger partial charge in [-0.2, -0.15) is 0 Å². The smallest absolute Gasteiger partial charge is 0.216 e. The molecule has 0 aromatic carbocycles. The van der Waals surface area contributed by atoms with Crippen molar-refractivity contribution in [2.24, 2.45) is 0 Å². The summed E-state index contributed by atoms with van der Waals surface area (Å²) in [4.78, 5) is 12.4. The van der Waals surface area contributed by atoms with Crippen LogP contribution in [-0.4, -0.2) is 70.6 Å². The van der Waals surface area contributed by atoms with Gasteiger partial charge in [0.2, 0.25) is 5.91 Å². The van der Waals surface area contributed by atoms with Crippen LogP contribution >= 0.6 is 0 Å². The fraction of sp³-hybridized carbons (Fsp3) is 0.889. The molecule has 1 saturated heterocycles. The first-order valence-electron chi connectivity index (χ1n) is 4.92. The summed E-state index contributed by atoms with van der Waals surface area (Å²) < 4.78 is 0. The van der Waals surface area contributed by atoms with E-state index in [0.29, 0.717) is 0 Å². The van der Waals surface area contributed by atoms with Crippen molar-refractivity contribution in [2.45, 2.75) is 31.2 Å². The van der Waals surface area contributed by atoms with Gasteiger partial charge < -0.3 is 20.6 Å². The van der Waals surface area contributed by atoms with Gasteiger partial charge in [-0.25, -0.2) is 0 Å². The Bertz CT molecular complexity index is 236. The molecule has 6 heteroatoms. The quantitative estimate of drug-likeness (QED) is 0.421. The average Bonchev–Trinajstić information content (AvgIpc) is 2.36. The van der Waals surface area contributed by atoms with E-state index in [1.165, 1.54) is 6.92 Å². The van der Waals surface area contributed by atoms with E-state index in [4.69, 9.17) is 5.11 Å². The first-order valence-corrected chi connectivity index (χ1v) is 4.92. The topological polar surface area (TPSA) is 93.0 Å². The number of rotatable bonds is 3. The summed E-state index contributed by atoms with van der Waals surface area (Å²) >= 11 is 0. The number of aliphatic hydroxyl groups is 3. The molecule has 4 N–H and O–H groups in total. The second kappa shape index (κ2) is 4.89. The number of carbonyl (C=O) groups is 1. The molecule has 1 aliphatic rings. The van der Waals surface area contributed by atoms with Crippen LogP contribution in [0.15, 0.2) is 0 Å². The molecule has 1 rings (SSSR count). The van der Waals surface area contributed by atoms with Crippen molar-refractivity contribution < 1.29 is 20.1 Å². The number of carbonyl (C=O) groups excluding carboxylic acids is 1. The predicted octanol–water partition coefficient (Wildman–Crippen LogP) is -2.48. The highest BCUT2D eigenvalue weighted by Gasteiger charge is 2.45. The minimum absolute atomic E-state index is 0.183. The highest BCUT2D eigenvalue weighted by Crippen LogP contribution is 2.22. The molecule has 0 aromatic heterocycles. The number of aliphatic hydroxyl groups excluding tert-OH is 3. The van der Waals surface area contributed by atoms with Crippen molar-refractivity contribution in [3.8, 4) is 0 Å². The van der Waals surface area contributed by atoms with Crippen LogP contribution in [0.1, 0.15) is 6.92 Å². The van der Waals surface area contributed by atoms with Crippen molar-refractivity contribution in [3.05, 3.63) is 0 Å². The Morgan fingerprint density at radius 1 is 1.33 bits per heavy atom. The molecule has 0 aromatic rings. The molecule has 0 radical (unpaired) electrons. The first-order chi connectivity index (χ1) is 6.99. The first kappa shape index (κ1) is 12.4. The van der Waals surface area contributed by atoms with Gasteiger partial charge in [-0.3, -0.25) is 9.69 Å². The van der Waals surface area contributed by atoms with Gasteiger partial charge in [0.25, 0.3) is 0 Å². The van der Waals surface area contributed by atoms with Gasteiger partial charge in [0, 0.05) is 13.5 Å². The van der Waals surface area contributed by atoms with E-state index >= 15 is 0 Å². The molecule has 6 nitrogen and oxygen atoms in total. The minimum Gasteiger partial charge on any atom is -0.395 e. The molecule has 1 heterocycles. The lowest BCUT2D eigenvalue weighted by Gasteiger charge is -2.24. The zero-order valence-electron chi connectivity index (χ0n) is 8.92. The zero-order chi connectivity index (χ0) is 11.6. The molecule has 0 aliphatic carbocycles. The summed E-state index contributed by atoms with van der Waals surface area (Å²) in [6, 6.07) is -0.834. The standard InChI is InChI=1S/C9H18N2O4/c1-5(13)10-3-6-8(14)9(15)7(4-12)11(6)2/h6-9,12,14-15H,3-4H2,1-2H3,(H,10,13)/t6-,7?,8?,9-/m0/s1. The largest absolute Gasteiger partial charge is 0.395 e. The van der Waals surface area contributed by atoms with Crippen LogP contribution in [-0.2, 0) is 4.79 Å². The minimum atomic E-state index is -0.973. The van der Waals surface area contributed by atoms with E-state index in [2.05, 4.69) is 5.32 Å². The lowest BCUT2D eigenvalue weighted by Crippen LogP contribution is -2.44. The lowest BCUT2D eigenvalue weighted by molar-refractivity contribution is -0.119. The maximum absolute atomic E-state index is 10.7. The maximum atomic E-state index is 10.7. The monoisotopic (exact) mass is 218 g/mol. The van der Waals surface area contributed by atoms with E-state index in [-0.39, 0.29) is 25.1 Å². The lowest BCUT2D eigenvalue weighted by atomic mass is 10.1. The number of nitrogens with one attached hydrogen (secondary N) is 1. The van der Waals surface area contributed by atoms with Crippen LogP contribution < -0.4 is 5.32 Å². The number of amides is 1. The molecule has 1 fully saturated rings. The Morgan fingerprint density at radius 2 is 1.87 bits per heavy atom. The molecule has 1 amide bonds. The fourth-order valence-electron chi connectivity index (χ4n) is 1.93. The van der Waals surface area contributed by atoms with Gasteiger partial charge in [-0.1, -0.05) is 0 Å². The molecular weight excluding hydrogens is 200 g/mol. The van der Waals surface area contributed by atoms with Gasteiger partial charge in [0.15, 0.2) is 0 Å². The van der Waals surface area contributed by atoms with Crippen LogP contribution in [0.3, 0.4) is 0 Å². The molecule has 0 bridgehead atoms. The third-order valence-electron chi connectivity index (χ3n) is 2.93. The van der Waals surface area contributed by atoms with E-state index in [1.54, 1.807) is 11.9 Å². The summed E-state index contributed by atoms with van der Waals surface area (Å²) in [7, 11) is 1.70. The van der Waals surface area contributed by atoms with Crippen molar-refractivity contribution in [1.82, 2.24) is 10.2 Å². The Labute approximate surface area is 88.5 Å². The van der Waals surface area contributed by atoms with Crippen LogP contribution in [0.5, 0.6) is 0 Å². The van der Waals surface area contributed by atoms with Gasteiger partial charge in [-0.15, -0.1) is 0 Å². The third-order valence-corrected chi connectivity index (χ3v) is 2.93. The number of nitrogens with zero attached hydrogens (tertiary/aromatic N) is 1. The molecule has 1 aliphatic heterocycles. The predicted molar refractivity (Wildman–Crippen MR) is 53.1 cm³/mol. The SMILES string of the molecule is CC(=O)NC[C@H]1C(O)[C@@H](O)C(CO)N1C. The van der Waals surface area contributed by atoms with Crippen LogP contribution in [0, 0.1) is 0 Å². The molecule has 88 valence electrons. The second-order valence-corrected chi connectivity index (χ2v) is 3.90. The van der Waals surface area contributed by atoms with Gasteiger partial charge >= 0.3 is 0 Å².